The number of hydrogen-bond donors (Lipinski definition) is 0. The highest BCUT2D eigenvalue weighted by atomic mass is 32.2. The van der Waals surface area contributed by atoms with E-state index in [0.717, 1.165) is 5.25 Å². The molecule has 1 aliphatic rings. The molecule has 0 amide bonds. The Morgan fingerprint density at radius 2 is 2.00 bits per heavy atom. The molecule has 0 saturated heterocycles. The van der Waals surface area contributed by atoms with Crippen LogP contribution in [0.2, 0.25) is 0 Å². The smallest absolute Gasteiger partial charge is 0.0394 e. The Labute approximate surface area is 72.5 Å². The Morgan fingerprint density at radius 1 is 1.30 bits per heavy atom. The maximum Gasteiger partial charge on any atom is 0.0394 e. The molecule has 1 rings (SSSR count). The molecule has 10 heavy (non-hydrogen) atoms. The van der Waals surface area contributed by atoms with Crippen molar-refractivity contribution in [3.8, 4) is 0 Å². The first-order valence-electron chi connectivity index (χ1n) is 4.13. The summed E-state index contributed by atoms with van der Waals surface area (Å²) in [5, 5.41) is 2.33. The quantitative estimate of drug-likeness (QED) is 0.476. The molecule has 0 heterocycles. The molecular formula is C8H16S2. The van der Waals surface area contributed by atoms with Gasteiger partial charge >= 0.3 is 0 Å². The van der Waals surface area contributed by atoms with E-state index in [1.165, 1.54) is 36.5 Å². The molecule has 0 aromatic rings. The third-order valence-electron chi connectivity index (χ3n) is 1.89. The van der Waals surface area contributed by atoms with Crippen LogP contribution in [0.4, 0.5) is 0 Å². The van der Waals surface area contributed by atoms with E-state index in [-0.39, 0.29) is 0 Å². The number of rotatable bonds is 4. The van der Waals surface area contributed by atoms with Crippen molar-refractivity contribution >= 4 is 23.5 Å². The van der Waals surface area contributed by atoms with Gasteiger partial charge in [0.05, 0.1) is 0 Å². The fraction of sp³-hybridized carbons (Fsp3) is 1.00. The molecule has 2 heteroatoms. The summed E-state index contributed by atoms with van der Waals surface area (Å²) in [6.45, 7) is 2.24. The first-order valence-corrected chi connectivity index (χ1v) is 6.33. The Bertz CT molecular complexity index is 77.3. The fourth-order valence-corrected chi connectivity index (χ4v) is 3.77. The van der Waals surface area contributed by atoms with Gasteiger partial charge in [0.1, 0.15) is 0 Å². The highest BCUT2D eigenvalue weighted by Gasteiger charge is 2.14. The van der Waals surface area contributed by atoms with Crippen LogP contribution in [0.15, 0.2) is 0 Å². The number of hydrogen-bond acceptors (Lipinski definition) is 2. The minimum atomic E-state index is 1.01. The minimum absolute atomic E-state index is 1.01. The predicted octanol–water partition coefficient (Wildman–Crippen LogP) is 3.37. The van der Waals surface area contributed by atoms with Crippen molar-refractivity contribution in [3.05, 3.63) is 0 Å². The maximum atomic E-state index is 2.24. The Balaban J connectivity index is 1.91. The first kappa shape index (κ1) is 8.79. The molecule has 0 aromatic carbocycles. The molecule has 60 valence electrons. The molecule has 0 aliphatic heterocycles. The van der Waals surface area contributed by atoms with E-state index >= 15 is 0 Å². The lowest BCUT2D eigenvalue weighted by Crippen LogP contribution is -1.93. The summed E-state index contributed by atoms with van der Waals surface area (Å²) in [4.78, 5) is 0. The molecule has 0 radical (unpaired) electrons. The summed E-state index contributed by atoms with van der Waals surface area (Å²) >= 11 is 4.23. The lowest BCUT2D eigenvalue weighted by molar-refractivity contribution is 0.886. The van der Waals surface area contributed by atoms with E-state index < -0.39 is 0 Å². The number of thioether (sulfide) groups is 2. The minimum Gasteiger partial charge on any atom is -0.151 e. The largest absolute Gasteiger partial charge is 0.151 e. The van der Waals surface area contributed by atoms with Gasteiger partial charge < -0.3 is 0 Å². The summed E-state index contributed by atoms with van der Waals surface area (Å²) in [6, 6.07) is 0. The molecule has 0 bridgehead atoms. The first-order chi connectivity index (χ1) is 4.93. The Morgan fingerprint density at radius 3 is 2.60 bits per heavy atom. The van der Waals surface area contributed by atoms with E-state index in [0.29, 0.717) is 0 Å². The molecule has 0 N–H and O–H groups in total. The van der Waals surface area contributed by atoms with Crippen LogP contribution in [0, 0.1) is 0 Å². The lowest BCUT2D eigenvalue weighted by Gasteiger charge is -2.06. The van der Waals surface area contributed by atoms with Gasteiger partial charge in [-0.3, -0.25) is 0 Å². The van der Waals surface area contributed by atoms with Crippen LogP contribution in [0.25, 0.3) is 0 Å². The van der Waals surface area contributed by atoms with Crippen molar-refractivity contribution in [2.75, 3.05) is 10.8 Å². The van der Waals surface area contributed by atoms with Gasteiger partial charge in [-0.05, 0) is 18.6 Å². The second-order valence-corrected chi connectivity index (χ2v) is 5.61. The highest BCUT2D eigenvalue weighted by molar-refractivity contribution is 8.16. The molecule has 1 aliphatic carbocycles. The summed E-state index contributed by atoms with van der Waals surface area (Å²) in [6.07, 6.45) is 5.92. The molecule has 1 fully saturated rings. The fourth-order valence-electron chi connectivity index (χ4n) is 1.28. The zero-order chi connectivity index (χ0) is 7.23. The van der Waals surface area contributed by atoms with Crippen LogP contribution in [-0.4, -0.2) is 16.1 Å². The van der Waals surface area contributed by atoms with Gasteiger partial charge in [0.25, 0.3) is 0 Å². The molecule has 0 unspecified atom stereocenters. The van der Waals surface area contributed by atoms with Gasteiger partial charge in [-0.1, -0.05) is 19.8 Å². The van der Waals surface area contributed by atoms with Crippen LogP contribution in [-0.2, 0) is 0 Å². The van der Waals surface area contributed by atoms with Gasteiger partial charge in [-0.2, -0.15) is 11.8 Å². The van der Waals surface area contributed by atoms with Crippen molar-refractivity contribution in [2.45, 2.75) is 37.9 Å². The Hall–Kier alpha value is 0.700. The van der Waals surface area contributed by atoms with Gasteiger partial charge in [0.15, 0.2) is 0 Å². The second-order valence-electron chi connectivity index (χ2n) is 2.68. The van der Waals surface area contributed by atoms with Crippen molar-refractivity contribution in [1.29, 1.82) is 0 Å². The third kappa shape index (κ3) is 3.20. The molecule has 0 atom stereocenters. The average Bonchev–Trinajstić information content (AvgIpc) is 2.41. The van der Waals surface area contributed by atoms with Crippen molar-refractivity contribution in [1.82, 2.24) is 0 Å². The zero-order valence-electron chi connectivity index (χ0n) is 6.64. The summed E-state index contributed by atoms with van der Waals surface area (Å²) in [7, 11) is 0. The van der Waals surface area contributed by atoms with Crippen LogP contribution < -0.4 is 0 Å². The van der Waals surface area contributed by atoms with E-state index in [1.54, 1.807) is 0 Å². The van der Waals surface area contributed by atoms with Crippen LogP contribution in [0.1, 0.15) is 32.6 Å². The third-order valence-corrected chi connectivity index (χ3v) is 4.46. The highest BCUT2D eigenvalue weighted by Crippen LogP contribution is 2.31. The standard InChI is InChI=1S/C8H16S2/c1-2-9-7-10-8-5-3-4-6-8/h8H,2-7H2,1H3. The SMILES string of the molecule is CCSCSC1CCCC1. The van der Waals surface area contributed by atoms with Gasteiger partial charge in [-0.15, -0.1) is 11.8 Å². The summed E-state index contributed by atoms with van der Waals surface area (Å²) < 4.78 is 0. The Kier molecular flexibility index (Phi) is 4.72. The van der Waals surface area contributed by atoms with Crippen LogP contribution in [0.5, 0.6) is 0 Å². The lowest BCUT2D eigenvalue weighted by atomic mass is 10.4. The normalized spacial score (nSPS) is 20.1. The molecular weight excluding hydrogens is 160 g/mol. The van der Waals surface area contributed by atoms with Crippen molar-refractivity contribution in [3.63, 3.8) is 0 Å². The van der Waals surface area contributed by atoms with Crippen molar-refractivity contribution in [2.24, 2.45) is 0 Å². The van der Waals surface area contributed by atoms with Gasteiger partial charge in [0.2, 0.25) is 0 Å². The second kappa shape index (κ2) is 5.36. The van der Waals surface area contributed by atoms with Crippen molar-refractivity contribution < 1.29 is 0 Å². The summed E-state index contributed by atoms with van der Waals surface area (Å²) in [5.41, 5.74) is 0. The zero-order valence-corrected chi connectivity index (χ0v) is 8.27. The molecule has 1 saturated carbocycles. The predicted molar refractivity (Wildman–Crippen MR) is 52.8 cm³/mol. The maximum absolute atomic E-state index is 2.24. The van der Waals surface area contributed by atoms with E-state index in [4.69, 9.17) is 0 Å². The van der Waals surface area contributed by atoms with Gasteiger partial charge in [-0.25, -0.2) is 0 Å². The summed E-state index contributed by atoms with van der Waals surface area (Å²) in [5.74, 6) is 1.28. The molecule has 0 nitrogen and oxygen atoms in total. The monoisotopic (exact) mass is 176 g/mol. The molecule has 0 aromatic heterocycles. The van der Waals surface area contributed by atoms with E-state index in [9.17, 15) is 0 Å². The van der Waals surface area contributed by atoms with Gasteiger partial charge in [0, 0.05) is 10.3 Å². The van der Waals surface area contributed by atoms with E-state index in [2.05, 4.69) is 30.4 Å². The average molecular weight is 176 g/mol. The van der Waals surface area contributed by atoms with Crippen LogP contribution in [0.3, 0.4) is 0 Å². The topological polar surface area (TPSA) is 0 Å². The van der Waals surface area contributed by atoms with Crippen LogP contribution >= 0.6 is 23.5 Å². The van der Waals surface area contributed by atoms with E-state index in [1.807, 2.05) is 0 Å². The molecule has 0 spiro atoms.